The molecule has 1 aromatic rings. The van der Waals surface area contributed by atoms with E-state index in [0.717, 1.165) is 14.7 Å². The fourth-order valence-corrected chi connectivity index (χ4v) is 4.18. The molecule has 0 aromatic heterocycles. The van der Waals surface area contributed by atoms with Gasteiger partial charge in [0.1, 0.15) is 5.75 Å². The minimum absolute atomic E-state index is 0.126. The number of benzene rings is 1. The van der Waals surface area contributed by atoms with Gasteiger partial charge in [-0.2, -0.15) is 0 Å². The maximum Gasteiger partial charge on any atom is 0.250 e. The summed E-state index contributed by atoms with van der Waals surface area (Å²) in [5.74, 6) is 0.935. The van der Waals surface area contributed by atoms with Crippen molar-refractivity contribution in [3.8, 4) is 5.75 Å². The van der Waals surface area contributed by atoms with Crippen LogP contribution in [-0.4, -0.2) is 8.32 Å². The van der Waals surface area contributed by atoms with Crippen molar-refractivity contribution in [1.29, 1.82) is 0 Å². The van der Waals surface area contributed by atoms with Gasteiger partial charge in [0, 0.05) is 0 Å². The number of halogens is 2. The minimum Gasteiger partial charge on any atom is -0.542 e. The zero-order valence-corrected chi connectivity index (χ0v) is 18.0. The Kier molecular flexibility index (Phi) is 5.26. The quantitative estimate of drug-likeness (QED) is 0.472. The molecule has 0 amide bonds. The summed E-state index contributed by atoms with van der Waals surface area (Å²) >= 11 is 7.35. The van der Waals surface area contributed by atoms with Gasteiger partial charge in [-0.25, -0.2) is 0 Å². The number of hydrogen-bond donors (Lipinski definition) is 0. The molecule has 0 aliphatic heterocycles. The van der Waals surface area contributed by atoms with Gasteiger partial charge in [0.15, 0.2) is 0 Å². The van der Waals surface area contributed by atoms with Crippen LogP contribution in [0.15, 0.2) is 21.1 Å². The standard InChI is InChI=1S/C16H26Br2OSi/c1-15(2,3)11-9-12(17)14(13(18)10-11)19-20(7,8)16(4,5)6/h9-10H,1-8H3. The van der Waals surface area contributed by atoms with E-state index in [-0.39, 0.29) is 10.5 Å². The normalized spacial score (nSPS) is 13.5. The highest BCUT2D eigenvalue weighted by atomic mass is 79.9. The van der Waals surface area contributed by atoms with E-state index in [4.69, 9.17) is 4.43 Å². The maximum atomic E-state index is 6.44. The molecule has 0 N–H and O–H groups in total. The monoisotopic (exact) mass is 420 g/mol. The lowest BCUT2D eigenvalue weighted by atomic mass is 9.87. The zero-order valence-electron chi connectivity index (χ0n) is 13.8. The Labute approximate surface area is 141 Å². The van der Waals surface area contributed by atoms with E-state index in [9.17, 15) is 0 Å². The van der Waals surface area contributed by atoms with Gasteiger partial charge in [-0.1, -0.05) is 41.5 Å². The van der Waals surface area contributed by atoms with Crippen LogP contribution >= 0.6 is 31.9 Å². The molecule has 0 saturated carbocycles. The highest BCUT2D eigenvalue weighted by molar-refractivity contribution is 9.11. The Morgan fingerprint density at radius 1 is 0.900 bits per heavy atom. The van der Waals surface area contributed by atoms with E-state index in [1.165, 1.54) is 5.56 Å². The fraction of sp³-hybridized carbons (Fsp3) is 0.625. The van der Waals surface area contributed by atoms with Crippen LogP contribution in [0.3, 0.4) is 0 Å². The lowest BCUT2D eigenvalue weighted by Gasteiger charge is -2.37. The van der Waals surface area contributed by atoms with Crippen molar-refractivity contribution < 1.29 is 4.43 Å². The topological polar surface area (TPSA) is 9.23 Å². The van der Waals surface area contributed by atoms with Crippen molar-refractivity contribution >= 4 is 40.2 Å². The molecule has 0 atom stereocenters. The lowest BCUT2D eigenvalue weighted by molar-refractivity contribution is 0.486. The van der Waals surface area contributed by atoms with Crippen molar-refractivity contribution in [2.75, 3.05) is 0 Å². The van der Waals surface area contributed by atoms with E-state index < -0.39 is 8.32 Å². The van der Waals surface area contributed by atoms with Crippen molar-refractivity contribution in [1.82, 2.24) is 0 Å². The average molecular weight is 422 g/mol. The summed E-state index contributed by atoms with van der Waals surface area (Å²) in [5.41, 5.74) is 1.42. The summed E-state index contributed by atoms with van der Waals surface area (Å²) in [7, 11) is -1.83. The SMILES string of the molecule is CC(C)(C)c1cc(Br)c(O[Si](C)(C)C(C)(C)C)c(Br)c1. The minimum atomic E-state index is -1.83. The summed E-state index contributed by atoms with van der Waals surface area (Å²) in [6.07, 6.45) is 0. The molecule has 1 aromatic carbocycles. The van der Waals surface area contributed by atoms with Crippen molar-refractivity contribution in [3.63, 3.8) is 0 Å². The molecule has 0 spiro atoms. The molecule has 0 unspecified atom stereocenters. The molecular weight excluding hydrogens is 396 g/mol. The van der Waals surface area contributed by atoms with Crippen LogP contribution in [0.4, 0.5) is 0 Å². The lowest BCUT2D eigenvalue weighted by Crippen LogP contribution is -2.44. The molecule has 4 heteroatoms. The Balaban J connectivity index is 3.23. The Hall–Kier alpha value is 0.197. The van der Waals surface area contributed by atoms with Gasteiger partial charge < -0.3 is 4.43 Å². The van der Waals surface area contributed by atoms with E-state index in [1.807, 2.05) is 0 Å². The van der Waals surface area contributed by atoms with Crippen LogP contribution in [0.25, 0.3) is 0 Å². The zero-order chi connectivity index (χ0) is 15.9. The third-order valence-corrected chi connectivity index (χ3v) is 9.53. The van der Waals surface area contributed by atoms with Crippen LogP contribution in [0.2, 0.25) is 18.1 Å². The third-order valence-electron chi connectivity index (χ3n) is 4.03. The molecule has 114 valence electrons. The highest BCUT2D eigenvalue weighted by Crippen LogP contribution is 2.43. The van der Waals surface area contributed by atoms with Gasteiger partial charge in [0.25, 0.3) is 8.32 Å². The van der Waals surface area contributed by atoms with E-state index in [0.29, 0.717) is 0 Å². The summed E-state index contributed by atoms with van der Waals surface area (Å²) in [6.45, 7) is 18.0. The Bertz CT molecular complexity index is 473. The first kappa shape index (κ1) is 18.2. The molecule has 1 rings (SSSR count). The number of rotatable bonds is 2. The van der Waals surface area contributed by atoms with E-state index in [2.05, 4.69) is 98.6 Å². The summed E-state index contributed by atoms with van der Waals surface area (Å²) < 4.78 is 8.50. The molecule has 0 aliphatic rings. The van der Waals surface area contributed by atoms with Crippen molar-refractivity contribution in [2.45, 2.75) is 65.1 Å². The largest absolute Gasteiger partial charge is 0.542 e. The van der Waals surface area contributed by atoms with Crippen LogP contribution < -0.4 is 4.43 Å². The van der Waals surface area contributed by atoms with Crippen LogP contribution in [0.5, 0.6) is 5.75 Å². The smallest absolute Gasteiger partial charge is 0.250 e. The molecular formula is C16H26Br2OSi. The first-order valence-corrected chi connectivity index (χ1v) is 11.4. The molecule has 0 saturated heterocycles. The van der Waals surface area contributed by atoms with Gasteiger partial charge in [-0.3, -0.25) is 0 Å². The first-order valence-electron chi connectivity index (χ1n) is 6.94. The molecule has 20 heavy (non-hydrogen) atoms. The van der Waals surface area contributed by atoms with Gasteiger partial charge in [-0.05, 0) is 73.1 Å². The fourth-order valence-electron chi connectivity index (χ4n) is 1.50. The van der Waals surface area contributed by atoms with E-state index in [1.54, 1.807) is 0 Å². The summed E-state index contributed by atoms with van der Waals surface area (Å²) in [4.78, 5) is 0. The molecule has 0 heterocycles. The van der Waals surface area contributed by atoms with Gasteiger partial charge in [0.05, 0.1) is 8.95 Å². The molecule has 0 bridgehead atoms. The van der Waals surface area contributed by atoms with Crippen LogP contribution in [0.1, 0.15) is 47.1 Å². The highest BCUT2D eigenvalue weighted by Gasteiger charge is 2.39. The molecule has 0 fully saturated rings. The Morgan fingerprint density at radius 2 is 1.30 bits per heavy atom. The van der Waals surface area contributed by atoms with Gasteiger partial charge in [0.2, 0.25) is 0 Å². The van der Waals surface area contributed by atoms with Crippen LogP contribution in [0, 0.1) is 0 Å². The predicted molar refractivity (Wildman–Crippen MR) is 98.4 cm³/mol. The van der Waals surface area contributed by atoms with Gasteiger partial charge >= 0.3 is 0 Å². The summed E-state index contributed by atoms with van der Waals surface area (Å²) in [6, 6.07) is 4.35. The van der Waals surface area contributed by atoms with Crippen molar-refractivity contribution in [3.05, 3.63) is 26.6 Å². The molecule has 0 radical (unpaired) electrons. The Morgan fingerprint density at radius 3 is 1.60 bits per heavy atom. The second kappa shape index (κ2) is 5.77. The predicted octanol–water partition coefficient (Wildman–Crippen LogP) is 6.89. The second-order valence-corrected chi connectivity index (χ2v) is 14.3. The third kappa shape index (κ3) is 4.11. The molecule has 1 nitrogen and oxygen atoms in total. The summed E-state index contributed by atoms with van der Waals surface area (Å²) in [5, 5.41) is 0.189. The van der Waals surface area contributed by atoms with Gasteiger partial charge in [-0.15, -0.1) is 0 Å². The average Bonchev–Trinajstić information content (AvgIpc) is 2.20. The van der Waals surface area contributed by atoms with Crippen molar-refractivity contribution in [2.24, 2.45) is 0 Å². The second-order valence-electron chi connectivity index (χ2n) is 7.88. The van der Waals surface area contributed by atoms with Crippen LogP contribution in [-0.2, 0) is 5.41 Å². The van der Waals surface area contributed by atoms with E-state index >= 15 is 0 Å². The number of hydrogen-bond acceptors (Lipinski definition) is 1. The first-order chi connectivity index (χ1) is 8.75. The molecule has 0 aliphatic carbocycles. The maximum absolute atomic E-state index is 6.44.